The summed E-state index contributed by atoms with van der Waals surface area (Å²) >= 11 is 0. The molecule has 41 heavy (non-hydrogen) atoms. The van der Waals surface area contributed by atoms with Crippen molar-refractivity contribution in [1.82, 2.24) is 0 Å². The van der Waals surface area contributed by atoms with Gasteiger partial charge in [0.05, 0.1) is 19.3 Å². The van der Waals surface area contributed by atoms with E-state index in [-0.39, 0.29) is 17.4 Å². The molecule has 0 saturated heterocycles. The second-order valence-electron chi connectivity index (χ2n) is 12.9. The van der Waals surface area contributed by atoms with E-state index in [1.807, 2.05) is 39.0 Å². The van der Waals surface area contributed by atoms with Gasteiger partial charge in [0, 0.05) is 23.3 Å². The fourth-order valence-corrected chi connectivity index (χ4v) is 6.53. The standard InChI is InChI=1S/C35H46O6/c1-21(2)9-8-10-22(3)11-14-26-27(36)16-24(17-28(26)37)13-12-23-15-25-19-31-34(4,5)33(39)29(38)20-35(31,6)41-32(25)30(18-23)40-7/h9,11-13,15-18,29,31,33,36-39H,8,10,14,19-20H2,1-7H3. The van der Waals surface area contributed by atoms with Crippen LogP contribution in [-0.2, 0) is 12.8 Å². The molecule has 0 aromatic heterocycles. The number of aliphatic hydroxyl groups excluding tert-OH is 2. The summed E-state index contributed by atoms with van der Waals surface area (Å²) in [6.45, 7) is 12.2. The molecule has 0 spiro atoms. The van der Waals surface area contributed by atoms with Crippen molar-refractivity contribution >= 4 is 12.2 Å². The van der Waals surface area contributed by atoms with E-state index >= 15 is 0 Å². The zero-order valence-electron chi connectivity index (χ0n) is 25.5. The first-order valence-corrected chi connectivity index (χ1v) is 14.5. The SMILES string of the molecule is COc1cc(C=Cc2cc(O)c(CC=C(C)CCC=C(C)C)c(O)c2)cc2c1OC1(C)CC(O)C(O)C(C)(C)C1C2. The lowest BCUT2D eigenvalue weighted by molar-refractivity contribution is -0.187. The van der Waals surface area contributed by atoms with E-state index in [2.05, 4.69) is 39.0 Å². The van der Waals surface area contributed by atoms with E-state index in [4.69, 9.17) is 9.47 Å². The normalized spacial score (nSPS) is 25.3. The minimum atomic E-state index is -0.854. The summed E-state index contributed by atoms with van der Waals surface area (Å²) in [6.07, 6.45) is 9.77. The van der Waals surface area contributed by atoms with E-state index in [9.17, 15) is 20.4 Å². The smallest absolute Gasteiger partial charge is 0.165 e. The first kappa shape index (κ1) is 30.7. The highest BCUT2D eigenvalue weighted by atomic mass is 16.5. The van der Waals surface area contributed by atoms with Crippen LogP contribution in [0.5, 0.6) is 23.0 Å². The van der Waals surface area contributed by atoms with Crippen molar-refractivity contribution in [2.45, 2.75) is 91.5 Å². The number of phenols is 2. The highest BCUT2D eigenvalue weighted by Gasteiger charge is 2.58. The summed E-state index contributed by atoms with van der Waals surface area (Å²) < 4.78 is 12.2. The Morgan fingerprint density at radius 2 is 1.61 bits per heavy atom. The molecule has 1 aliphatic carbocycles. The molecule has 1 aliphatic heterocycles. The number of benzene rings is 2. The fourth-order valence-electron chi connectivity index (χ4n) is 6.53. The molecule has 2 aromatic rings. The van der Waals surface area contributed by atoms with E-state index in [0.717, 1.165) is 24.0 Å². The lowest BCUT2D eigenvalue weighted by atomic mass is 9.57. The molecule has 4 unspecified atom stereocenters. The topological polar surface area (TPSA) is 99.4 Å². The molecule has 1 heterocycles. The average Bonchev–Trinajstić information content (AvgIpc) is 2.89. The first-order chi connectivity index (χ1) is 19.2. The molecular formula is C35H46O6. The maximum atomic E-state index is 10.8. The van der Waals surface area contributed by atoms with Gasteiger partial charge in [-0.1, -0.05) is 49.3 Å². The van der Waals surface area contributed by atoms with Gasteiger partial charge in [0.2, 0.25) is 0 Å². The van der Waals surface area contributed by atoms with Crippen LogP contribution in [0.25, 0.3) is 12.2 Å². The van der Waals surface area contributed by atoms with Gasteiger partial charge in [0.25, 0.3) is 0 Å². The monoisotopic (exact) mass is 562 g/mol. The van der Waals surface area contributed by atoms with Gasteiger partial charge in [-0.25, -0.2) is 0 Å². The van der Waals surface area contributed by atoms with Crippen LogP contribution in [0.15, 0.2) is 47.6 Å². The molecule has 1 fully saturated rings. The molecule has 0 radical (unpaired) electrons. The van der Waals surface area contributed by atoms with Crippen molar-refractivity contribution in [1.29, 1.82) is 0 Å². The third-order valence-electron chi connectivity index (χ3n) is 8.95. The minimum Gasteiger partial charge on any atom is -0.507 e. The summed E-state index contributed by atoms with van der Waals surface area (Å²) in [6, 6.07) is 7.28. The Morgan fingerprint density at radius 3 is 2.22 bits per heavy atom. The van der Waals surface area contributed by atoms with Crippen LogP contribution in [0, 0.1) is 11.3 Å². The van der Waals surface area contributed by atoms with Crippen molar-refractivity contribution in [2.75, 3.05) is 7.11 Å². The highest BCUT2D eigenvalue weighted by molar-refractivity contribution is 5.73. The number of fused-ring (bicyclic) bond motifs is 2. The summed E-state index contributed by atoms with van der Waals surface area (Å²) in [7, 11) is 1.61. The fraction of sp³-hybridized carbons (Fsp3) is 0.486. The number of aliphatic hydroxyl groups is 2. The minimum absolute atomic E-state index is 0.00353. The van der Waals surface area contributed by atoms with Gasteiger partial charge in [-0.05, 0) is 94.3 Å². The van der Waals surface area contributed by atoms with Gasteiger partial charge in [0.15, 0.2) is 11.5 Å². The Balaban J connectivity index is 1.56. The summed E-state index contributed by atoms with van der Waals surface area (Å²) in [5, 5.41) is 42.7. The molecular weight excluding hydrogens is 516 g/mol. The second-order valence-corrected chi connectivity index (χ2v) is 12.9. The predicted octanol–water partition coefficient (Wildman–Crippen LogP) is 6.97. The third-order valence-corrected chi connectivity index (χ3v) is 8.95. The zero-order chi connectivity index (χ0) is 30.1. The predicted molar refractivity (Wildman–Crippen MR) is 164 cm³/mol. The van der Waals surface area contributed by atoms with Gasteiger partial charge in [-0.15, -0.1) is 0 Å². The van der Waals surface area contributed by atoms with Crippen molar-refractivity contribution in [3.8, 4) is 23.0 Å². The molecule has 2 aromatic carbocycles. The highest BCUT2D eigenvalue weighted by Crippen LogP contribution is 2.55. The Morgan fingerprint density at radius 1 is 0.976 bits per heavy atom. The Labute approximate surface area is 244 Å². The van der Waals surface area contributed by atoms with E-state index in [1.54, 1.807) is 19.2 Å². The number of aromatic hydroxyl groups is 2. The van der Waals surface area contributed by atoms with E-state index in [0.29, 0.717) is 41.9 Å². The van der Waals surface area contributed by atoms with Gasteiger partial charge in [-0.3, -0.25) is 0 Å². The Kier molecular flexibility index (Phi) is 8.95. The number of methoxy groups -OCH3 is 1. The number of phenolic OH excluding ortho intramolecular Hbond substituents is 2. The maximum absolute atomic E-state index is 10.8. The van der Waals surface area contributed by atoms with Gasteiger partial charge >= 0.3 is 0 Å². The average molecular weight is 563 g/mol. The molecule has 4 atom stereocenters. The number of rotatable bonds is 8. The van der Waals surface area contributed by atoms with Crippen LogP contribution in [0.3, 0.4) is 0 Å². The van der Waals surface area contributed by atoms with Gasteiger partial charge in [0.1, 0.15) is 17.1 Å². The van der Waals surface area contributed by atoms with Gasteiger partial charge in [-0.2, -0.15) is 0 Å². The largest absolute Gasteiger partial charge is 0.507 e. The molecule has 6 heteroatoms. The van der Waals surface area contributed by atoms with Crippen LogP contribution < -0.4 is 9.47 Å². The van der Waals surface area contributed by atoms with Crippen molar-refractivity contribution < 1.29 is 29.9 Å². The molecule has 1 saturated carbocycles. The Hall–Kier alpha value is -3.22. The molecule has 4 rings (SSSR count). The van der Waals surface area contributed by atoms with Crippen molar-refractivity contribution in [2.24, 2.45) is 11.3 Å². The Bertz CT molecular complexity index is 1340. The van der Waals surface area contributed by atoms with E-state index < -0.39 is 23.2 Å². The van der Waals surface area contributed by atoms with Crippen LogP contribution in [0.2, 0.25) is 0 Å². The number of hydrogen-bond donors (Lipinski definition) is 4. The lowest BCUT2D eigenvalue weighted by Crippen LogP contribution is -2.63. The van der Waals surface area contributed by atoms with Crippen LogP contribution in [0.4, 0.5) is 0 Å². The number of hydrogen-bond acceptors (Lipinski definition) is 6. The number of allylic oxidation sites excluding steroid dienone is 4. The zero-order valence-corrected chi connectivity index (χ0v) is 25.5. The summed E-state index contributed by atoms with van der Waals surface area (Å²) in [4.78, 5) is 0. The molecule has 222 valence electrons. The molecule has 4 N–H and O–H groups in total. The molecule has 2 aliphatic rings. The quantitative estimate of drug-likeness (QED) is 0.205. The van der Waals surface area contributed by atoms with Crippen LogP contribution >= 0.6 is 0 Å². The summed E-state index contributed by atoms with van der Waals surface area (Å²) in [5.41, 5.74) is 4.42. The molecule has 6 nitrogen and oxygen atoms in total. The maximum Gasteiger partial charge on any atom is 0.165 e. The van der Waals surface area contributed by atoms with Crippen LogP contribution in [0.1, 0.15) is 83.1 Å². The first-order valence-electron chi connectivity index (χ1n) is 14.5. The summed E-state index contributed by atoms with van der Waals surface area (Å²) in [5.74, 6) is 1.40. The molecule has 0 bridgehead atoms. The second kappa shape index (κ2) is 11.9. The van der Waals surface area contributed by atoms with Crippen molar-refractivity contribution in [3.05, 3.63) is 69.8 Å². The molecule has 0 amide bonds. The third kappa shape index (κ3) is 6.49. The van der Waals surface area contributed by atoms with Crippen molar-refractivity contribution in [3.63, 3.8) is 0 Å². The van der Waals surface area contributed by atoms with Gasteiger partial charge < -0.3 is 29.9 Å². The van der Waals surface area contributed by atoms with E-state index in [1.165, 1.54) is 11.1 Å². The lowest BCUT2D eigenvalue weighted by Gasteiger charge is -2.56. The number of ether oxygens (including phenoxy) is 2. The van der Waals surface area contributed by atoms with Crippen LogP contribution in [-0.4, -0.2) is 45.3 Å².